The lowest BCUT2D eigenvalue weighted by atomic mass is 10.1. The highest BCUT2D eigenvalue weighted by Crippen LogP contribution is 2.33. The number of fused-ring (bicyclic) bond motifs is 2. The minimum Gasteiger partial charge on any atom is -0.454 e. The minimum absolute atomic E-state index is 0.0355. The van der Waals surface area contributed by atoms with Crippen LogP contribution in [0.4, 0.5) is 0 Å². The van der Waals surface area contributed by atoms with Crippen molar-refractivity contribution in [3.05, 3.63) is 113 Å². The molecule has 4 aromatic rings. The standard InChI is InChI=1S/C28H21N3O4/c32-27(22-7-2-1-3-8-22)30-24(15-19-11-13-25-26(16-19)35-18-34-25)28(33)31-29-17-20-10-12-21-6-4-5-9-23(21)14-20/h1-17H,18H2,(H,30,32)(H,31,33). The van der Waals surface area contributed by atoms with Gasteiger partial charge in [-0.2, -0.15) is 5.10 Å². The summed E-state index contributed by atoms with van der Waals surface area (Å²) in [6.45, 7) is 0.143. The average Bonchev–Trinajstić information content (AvgIpc) is 3.36. The number of amides is 2. The smallest absolute Gasteiger partial charge is 0.287 e. The molecule has 0 aromatic heterocycles. The number of nitrogens with one attached hydrogen (secondary N) is 2. The zero-order valence-electron chi connectivity index (χ0n) is 18.6. The van der Waals surface area contributed by atoms with Crippen LogP contribution < -0.4 is 20.2 Å². The van der Waals surface area contributed by atoms with Crippen LogP contribution in [0.3, 0.4) is 0 Å². The molecule has 1 heterocycles. The number of hydrogen-bond donors (Lipinski definition) is 2. The van der Waals surface area contributed by atoms with Gasteiger partial charge in [-0.15, -0.1) is 0 Å². The number of hydrazone groups is 1. The molecule has 7 nitrogen and oxygen atoms in total. The van der Waals surface area contributed by atoms with Gasteiger partial charge in [0.15, 0.2) is 11.5 Å². The first-order chi connectivity index (χ1) is 17.2. The van der Waals surface area contributed by atoms with Crippen molar-refractivity contribution in [2.45, 2.75) is 0 Å². The summed E-state index contributed by atoms with van der Waals surface area (Å²) in [5, 5.41) is 8.96. The van der Waals surface area contributed by atoms with Crippen molar-refractivity contribution in [1.29, 1.82) is 0 Å². The van der Waals surface area contributed by atoms with E-state index in [2.05, 4.69) is 15.8 Å². The lowest BCUT2D eigenvalue weighted by molar-refractivity contribution is -0.117. The molecular weight excluding hydrogens is 442 g/mol. The first-order valence-corrected chi connectivity index (χ1v) is 11.0. The molecular formula is C28H21N3O4. The Morgan fingerprint density at radius 1 is 0.771 bits per heavy atom. The second-order valence-corrected chi connectivity index (χ2v) is 7.80. The van der Waals surface area contributed by atoms with E-state index in [1.54, 1.807) is 54.8 Å². The highest BCUT2D eigenvalue weighted by Gasteiger charge is 2.16. The Morgan fingerprint density at radius 3 is 2.37 bits per heavy atom. The second kappa shape index (κ2) is 9.93. The largest absolute Gasteiger partial charge is 0.454 e. The maximum atomic E-state index is 13.0. The van der Waals surface area contributed by atoms with Gasteiger partial charge < -0.3 is 14.8 Å². The van der Waals surface area contributed by atoms with E-state index in [0.29, 0.717) is 22.6 Å². The maximum Gasteiger partial charge on any atom is 0.287 e. The van der Waals surface area contributed by atoms with Gasteiger partial charge in [-0.05, 0) is 58.3 Å². The SMILES string of the molecule is O=C(NN=Cc1ccc2ccccc2c1)C(=Cc1ccc2c(c1)OCO2)NC(=O)c1ccccc1. The van der Waals surface area contributed by atoms with E-state index in [1.165, 1.54) is 0 Å². The van der Waals surface area contributed by atoms with Crippen molar-refractivity contribution in [3.63, 3.8) is 0 Å². The molecule has 5 rings (SSSR count). The Labute approximate surface area is 201 Å². The molecule has 1 aliphatic rings. The van der Waals surface area contributed by atoms with E-state index >= 15 is 0 Å². The van der Waals surface area contributed by atoms with Crippen LogP contribution in [0.1, 0.15) is 21.5 Å². The quantitative estimate of drug-likeness (QED) is 0.251. The number of carbonyl (C=O) groups excluding carboxylic acids is 2. The van der Waals surface area contributed by atoms with E-state index < -0.39 is 11.8 Å². The summed E-state index contributed by atoms with van der Waals surface area (Å²) in [5.74, 6) is 0.221. The predicted molar refractivity (Wildman–Crippen MR) is 134 cm³/mol. The highest BCUT2D eigenvalue weighted by molar-refractivity contribution is 6.05. The van der Waals surface area contributed by atoms with E-state index in [1.807, 2.05) is 48.5 Å². The van der Waals surface area contributed by atoms with Crippen molar-refractivity contribution in [2.24, 2.45) is 5.10 Å². The van der Waals surface area contributed by atoms with Gasteiger partial charge >= 0.3 is 0 Å². The van der Waals surface area contributed by atoms with Crippen molar-refractivity contribution in [2.75, 3.05) is 6.79 Å². The molecule has 0 atom stereocenters. The molecule has 0 saturated carbocycles. The molecule has 35 heavy (non-hydrogen) atoms. The normalized spacial score (nSPS) is 12.6. The lowest BCUT2D eigenvalue weighted by Gasteiger charge is -2.09. The van der Waals surface area contributed by atoms with Crippen LogP contribution >= 0.6 is 0 Å². The number of ether oxygens (including phenoxy) is 2. The molecule has 0 bridgehead atoms. The molecule has 2 N–H and O–H groups in total. The average molecular weight is 463 g/mol. The van der Waals surface area contributed by atoms with Crippen LogP contribution in [0.2, 0.25) is 0 Å². The van der Waals surface area contributed by atoms with Crippen molar-refractivity contribution in [1.82, 2.24) is 10.7 Å². The monoisotopic (exact) mass is 463 g/mol. The summed E-state index contributed by atoms with van der Waals surface area (Å²) >= 11 is 0. The summed E-state index contributed by atoms with van der Waals surface area (Å²) in [7, 11) is 0. The van der Waals surface area contributed by atoms with Crippen molar-refractivity contribution in [3.8, 4) is 11.5 Å². The second-order valence-electron chi connectivity index (χ2n) is 7.80. The summed E-state index contributed by atoms with van der Waals surface area (Å²) < 4.78 is 10.8. The van der Waals surface area contributed by atoms with Crippen LogP contribution in [0, 0.1) is 0 Å². The van der Waals surface area contributed by atoms with Gasteiger partial charge in [0.1, 0.15) is 5.70 Å². The molecule has 0 aliphatic carbocycles. The molecule has 0 spiro atoms. The van der Waals surface area contributed by atoms with Crippen LogP contribution in [0.15, 0.2) is 102 Å². The van der Waals surface area contributed by atoms with Crippen LogP contribution in [0.25, 0.3) is 16.8 Å². The number of carbonyl (C=O) groups is 2. The van der Waals surface area contributed by atoms with E-state index in [4.69, 9.17) is 9.47 Å². The Balaban J connectivity index is 1.37. The summed E-state index contributed by atoms with van der Waals surface area (Å²) in [6, 6.07) is 27.8. The molecule has 1 aliphatic heterocycles. The van der Waals surface area contributed by atoms with Crippen molar-refractivity contribution >= 4 is 34.9 Å². The first-order valence-electron chi connectivity index (χ1n) is 11.0. The summed E-state index contributed by atoms with van der Waals surface area (Å²) in [6.07, 6.45) is 3.12. The lowest BCUT2D eigenvalue weighted by Crippen LogP contribution is -2.32. The molecule has 2 amide bonds. The number of rotatable bonds is 6. The van der Waals surface area contributed by atoms with Crippen LogP contribution in [-0.2, 0) is 4.79 Å². The first kappa shape index (κ1) is 21.9. The molecule has 0 unspecified atom stereocenters. The van der Waals surface area contributed by atoms with Crippen LogP contribution in [0.5, 0.6) is 11.5 Å². The zero-order chi connectivity index (χ0) is 24.0. The Morgan fingerprint density at radius 2 is 1.51 bits per heavy atom. The Kier molecular flexibility index (Phi) is 6.21. The third-order valence-corrected chi connectivity index (χ3v) is 5.39. The number of benzene rings is 4. The Bertz CT molecular complexity index is 1460. The molecule has 0 saturated heterocycles. The Hall–Kier alpha value is -4.91. The molecule has 4 aromatic carbocycles. The van der Waals surface area contributed by atoms with Gasteiger partial charge in [-0.3, -0.25) is 9.59 Å². The molecule has 7 heteroatoms. The molecule has 172 valence electrons. The molecule has 0 fully saturated rings. The molecule has 0 radical (unpaired) electrons. The number of nitrogens with zero attached hydrogens (tertiary/aromatic N) is 1. The third kappa shape index (κ3) is 5.20. The van der Waals surface area contributed by atoms with E-state index in [0.717, 1.165) is 16.3 Å². The van der Waals surface area contributed by atoms with Gasteiger partial charge in [0.05, 0.1) is 6.21 Å². The van der Waals surface area contributed by atoms with Crippen LogP contribution in [-0.4, -0.2) is 24.8 Å². The zero-order valence-corrected chi connectivity index (χ0v) is 18.6. The minimum atomic E-state index is -0.566. The summed E-state index contributed by atoms with van der Waals surface area (Å²) in [4.78, 5) is 25.7. The van der Waals surface area contributed by atoms with E-state index in [-0.39, 0.29) is 12.5 Å². The number of hydrogen-bond acceptors (Lipinski definition) is 5. The maximum absolute atomic E-state index is 13.0. The van der Waals surface area contributed by atoms with Gasteiger partial charge in [0.25, 0.3) is 11.8 Å². The fraction of sp³-hybridized carbons (Fsp3) is 0.0357. The summed E-state index contributed by atoms with van der Waals surface area (Å²) in [5.41, 5.74) is 4.45. The van der Waals surface area contributed by atoms with Gasteiger partial charge in [-0.25, -0.2) is 5.43 Å². The fourth-order valence-corrected chi connectivity index (χ4v) is 3.63. The fourth-order valence-electron chi connectivity index (χ4n) is 3.63. The van der Waals surface area contributed by atoms with Crippen molar-refractivity contribution < 1.29 is 19.1 Å². The third-order valence-electron chi connectivity index (χ3n) is 5.39. The predicted octanol–water partition coefficient (Wildman–Crippen LogP) is 4.49. The van der Waals surface area contributed by atoms with E-state index in [9.17, 15) is 9.59 Å². The van der Waals surface area contributed by atoms with Gasteiger partial charge in [0.2, 0.25) is 6.79 Å². The van der Waals surface area contributed by atoms with Gasteiger partial charge in [-0.1, -0.05) is 60.7 Å². The topological polar surface area (TPSA) is 89.0 Å². The van der Waals surface area contributed by atoms with Gasteiger partial charge in [0, 0.05) is 5.56 Å². The highest BCUT2D eigenvalue weighted by atomic mass is 16.7.